The minimum atomic E-state index is -1.47. The molecular formula is C11H13BrFNO2. The molecule has 1 aromatic rings. The Balaban J connectivity index is 2.40. The summed E-state index contributed by atoms with van der Waals surface area (Å²) in [6.45, 7) is 2.84. The third-order valence-electron chi connectivity index (χ3n) is 2.56. The average Bonchev–Trinajstić information content (AvgIpc) is 2.69. The molecule has 0 bridgehead atoms. The van der Waals surface area contributed by atoms with E-state index >= 15 is 0 Å². The van der Waals surface area contributed by atoms with E-state index in [0.29, 0.717) is 31.1 Å². The molecule has 0 radical (unpaired) electrons. The number of nitrogens with zero attached hydrogens (tertiary/aromatic N) is 1. The molecule has 88 valence electrons. The Kier molecular flexibility index (Phi) is 3.44. The Morgan fingerprint density at radius 2 is 2.50 bits per heavy atom. The van der Waals surface area contributed by atoms with Crippen LogP contribution < -0.4 is 4.74 Å². The van der Waals surface area contributed by atoms with Crippen molar-refractivity contribution in [3.8, 4) is 5.88 Å². The van der Waals surface area contributed by atoms with Gasteiger partial charge in [-0.15, -0.1) is 0 Å². The molecule has 1 atom stereocenters. The van der Waals surface area contributed by atoms with E-state index in [9.17, 15) is 4.39 Å². The molecule has 1 aliphatic heterocycles. The van der Waals surface area contributed by atoms with E-state index in [1.165, 1.54) is 0 Å². The van der Waals surface area contributed by atoms with Gasteiger partial charge < -0.3 is 9.47 Å². The van der Waals surface area contributed by atoms with Crippen molar-refractivity contribution in [2.75, 3.05) is 19.8 Å². The molecule has 1 fully saturated rings. The summed E-state index contributed by atoms with van der Waals surface area (Å²) in [5, 5.41) is 0. The normalized spacial score (nSPS) is 24.7. The van der Waals surface area contributed by atoms with Crippen LogP contribution in [0.5, 0.6) is 5.88 Å². The molecule has 5 heteroatoms. The van der Waals surface area contributed by atoms with Crippen LogP contribution in [0.2, 0.25) is 0 Å². The summed E-state index contributed by atoms with van der Waals surface area (Å²) in [6.07, 6.45) is 1.96. The molecule has 2 rings (SSSR count). The quantitative estimate of drug-likeness (QED) is 0.857. The molecule has 0 aliphatic carbocycles. The lowest BCUT2D eigenvalue weighted by Crippen LogP contribution is -2.21. The molecule has 2 heterocycles. The van der Waals surface area contributed by atoms with Crippen molar-refractivity contribution < 1.29 is 13.9 Å². The second kappa shape index (κ2) is 4.67. The number of hydrogen-bond donors (Lipinski definition) is 0. The van der Waals surface area contributed by atoms with Crippen LogP contribution >= 0.6 is 15.9 Å². The maximum Gasteiger partial charge on any atom is 0.219 e. The summed E-state index contributed by atoms with van der Waals surface area (Å²) in [6, 6.07) is 1.71. The van der Waals surface area contributed by atoms with E-state index in [0.717, 1.165) is 4.47 Å². The lowest BCUT2D eigenvalue weighted by atomic mass is 9.96. The molecule has 0 aromatic carbocycles. The number of hydrogen-bond acceptors (Lipinski definition) is 3. The molecule has 0 saturated carbocycles. The van der Waals surface area contributed by atoms with Gasteiger partial charge in [0.15, 0.2) is 5.67 Å². The van der Waals surface area contributed by atoms with Crippen molar-refractivity contribution in [3.05, 3.63) is 22.3 Å². The Morgan fingerprint density at radius 1 is 1.69 bits per heavy atom. The predicted octanol–water partition coefficient (Wildman–Crippen LogP) is 2.83. The number of pyridine rings is 1. The average molecular weight is 290 g/mol. The molecule has 0 spiro atoms. The molecule has 0 N–H and O–H groups in total. The first kappa shape index (κ1) is 11.8. The van der Waals surface area contributed by atoms with E-state index in [-0.39, 0.29) is 6.61 Å². The summed E-state index contributed by atoms with van der Waals surface area (Å²) in [7, 11) is 0. The summed E-state index contributed by atoms with van der Waals surface area (Å²) < 4.78 is 25.7. The van der Waals surface area contributed by atoms with Crippen molar-refractivity contribution >= 4 is 15.9 Å². The first-order valence-corrected chi connectivity index (χ1v) is 6.00. The fourth-order valence-corrected chi connectivity index (χ4v) is 2.08. The summed E-state index contributed by atoms with van der Waals surface area (Å²) in [5.74, 6) is 0.360. The van der Waals surface area contributed by atoms with Crippen LogP contribution in [0.1, 0.15) is 18.9 Å². The second-order valence-corrected chi connectivity index (χ2v) is 4.62. The van der Waals surface area contributed by atoms with Gasteiger partial charge in [0.2, 0.25) is 5.88 Å². The SMILES string of the molecule is CCOc1ncc(Br)cc1C1(F)CCOC1. The van der Waals surface area contributed by atoms with Gasteiger partial charge in [0, 0.05) is 17.1 Å². The maximum atomic E-state index is 14.5. The van der Waals surface area contributed by atoms with Crippen LogP contribution in [-0.2, 0) is 10.4 Å². The van der Waals surface area contributed by atoms with Gasteiger partial charge in [0.1, 0.15) is 0 Å². The number of aromatic nitrogens is 1. The zero-order chi connectivity index (χ0) is 11.6. The molecule has 0 amide bonds. The number of alkyl halides is 1. The maximum absolute atomic E-state index is 14.5. The molecular weight excluding hydrogens is 277 g/mol. The van der Waals surface area contributed by atoms with Gasteiger partial charge >= 0.3 is 0 Å². The Bertz CT molecular complexity index is 380. The Hall–Kier alpha value is -0.680. The van der Waals surface area contributed by atoms with E-state index < -0.39 is 5.67 Å². The van der Waals surface area contributed by atoms with Crippen LogP contribution in [0.25, 0.3) is 0 Å². The molecule has 3 nitrogen and oxygen atoms in total. The first-order valence-electron chi connectivity index (χ1n) is 5.21. The van der Waals surface area contributed by atoms with Gasteiger partial charge in [-0.1, -0.05) is 0 Å². The van der Waals surface area contributed by atoms with Crippen molar-refractivity contribution in [3.63, 3.8) is 0 Å². The first-order chi connectivity index (χ1) is 7.65. The lowest BCUT2D eigenvalue weighted by molar-refractivity contribution is 0.108. The minimum Gasteiger partial charge on any atom is -0.478 e. The van der Waals surface area contributed by atoms with Crippen molar-refractivity contribution in [2.45, 2.75) is 19.0 Å². The van der Waals surface area contributed by atoms with Gasteiger partial charge in [-0.05, 0) is 28.9 Å². The van der Waals surface area contributed by atoms with Gasteiger partial charge in [-0.3, -0.25) is 0 Å². The number of rotatable bonds is 3. The highest BCUT2D eigenvalue weighted by atomic mass is 79.9. The zero-order valence-electron chi connectivity index (χ0n) is 9.00. The van der Waals surface area contributed by atoms with Gasteiger partial charge in [0.25, 0.3) is 0 Å². The highest BCUT2D eigenvalue weighted by molar-refractivity contribution is 9.10. The van der Waals surface area contributed by atoms with Gasteiger partial charge in [-0.2, -0.15) is 0 Å². The fourth-order valence-electron chi connectivity index (χ4n) is 1.75. The zero-order valence-corrected chi connectivity index (χ0v) is 10.6. The van der Waals surface area contributed by atoms with Gasteiger partial charge in [-0.25, -0.2) is 9.37 Å². The van der Waals surface area contributed by atoms with E-state index in [4.69, 9.17) is 9.47 Å². The highest BCUT2D eigenvalue weighted by Crippen LogP contribution is 2.39. The predicted molar refractivity (Wildman–Crippen MR) is 61.3 cm³/mol. The minimum absolute atomic E-state index is 0.0746. The highest BCUT2D eigenvalue weighted by Gasteiger charge is 2.40. The molecule has 1 saturated heterocycles. The van der Waals surface area contributed by atoms with Crippen molar-refractivity contribution in [2.24, 2.45) is 0 Å². The van der Waals surface area contributed by atoms with E-state index in [2.05, 4.69) is 20.9 Å². The molecule has 16 heavy (non-hydrogen) atoms. The van der Waals surface area contributed by atoms with Crippen LogP contribution in [0.4, 0.5) is 4.39 Å². The van der Waals surface area contributed by atoms with Gasteiger partial charge in [0.05, 0.1) is 25.4 Å². The summed E-state index contributed by atoms with van der Waals surface area (Å²) in [4.78, 5) is 4.09. The van der Waals surface area contributed by atoms with Crippen LogP contribution in [0.15, 0.2) is 16.7 Å². The molecule has 1 aliphatic rings. The molecule has 1 unspecified atom stereocenters. The van der Waals surface area contributed by atoms with E-state index in [1.807, 2.05) is 6.92 Å². The third kappa shape index (κ3) is 2.20. The number of halogens is 2. The molecule has 1 aromatic heterocycles. The lowest BCUT2D eigenvalue weighted by Gasteiger charge is -2.20. The standard InChI is InChI=1S/C11H13BrFNO2/c1-2-16-10-9(5-8(12)6-14-10)11(13)3-4-15-7-11/h5-6H,2-4,7H2,1H3. The Labute approximate surface area is 102 Å². The largest absolute Gasteiger partial charge is 0.478 e. The summed E-state index contributed by atoms with van der Waals surface area (Å²) in [5.41, 5.74) is -0.998. The van der Waals surface area contributed by atoms with Crippen molar-refractivity contribution in [1.82, 2.24) is 4.98 Å². The monoisotopic (exact) mass is 289 g/mol. The second-order valence-electron chi connectivity index (χ2n) is 3.71. The number of ether oxygens (including phenoxy) is 2. The topological polar surface area (TPSA) is 31.4 Å². The van der Waals surface area contributed by atoms with Crippen LogP contribution in [0, 0.1) is 0 Å². The van der Waals surface area contributed by atoms with Crippen LogP contribution in [-0.4, -0.2) is 24.8 Å². The van der Waals surface area contributed by atoms with Crippen LogP contribution in [0.3, 0.4) is 0 Å². The smallest absolute Gasteiger partial charge is 0.219 e. The van der Waals surface area contributed by atoms with Crippen molar-refractivity contribution in [1.29, 1.82) is 0 Å². The third-order valence-corrected chi connectivity index (χ3v) is 2.99. The van der Waals surface area contributed by atoms with E-state index in [1.54, 1.807) is 12.3 Å². The Morgan fingerprint density at radius 3 is 3.12 bits per heavy atom. The fraction of sp³-hybridized carbons (Fsp3) is 0.545. The summed E-state index contributed by atoms with van der Waals surface area (Å²) >= 11 is 3.29.